The number of fused-ring (bicyclic) bond motifs is 3. The monoisotopic (exact) mass is 570 g/mol. The molecule has 0 saturated carbocycles. The number of ketones is 2. The van der Waals surface area contributed by atoms with Gasteiger partial charge >= 0.3 is 0 Å². The maximum absolute atomic E-state index is 14.1. The van der Waals surface area contributed by atoms with E-state index in [1.165, 1.54) is 11.0 Å². The van der Waals surface area contributed by atoms with Crippen LogP contribution < -0.4 is 10.2 Å². The van der Waals surface area contributed by atoms with Gasteiger partial charge in [-0.1, -0.05) is 42.0 Å². The molecule has 3 aromatic carbocycles. The van der Waals surface area contributed by atoms with Gasteiger partial charge < -0.3 is 10.4 Å². The molecule has 4 atom stereocenters. The topological polar surface area (TPSA) is 104 Å². The van der Waals surface area contributed by atoms with Crippen molar-refractivity contribution < 1.29 is 24.3 Å². The molecule has 2 N–H and O–H groups in total. The van der Waals surface area contributed by atoms with Gasteiger partial charge in [0, 0.05) is 34.0 Å². The Morgan fingerprint density at radius 3 is 2.28 bits per heavy atom. The van der Waals surface area contributed by atoms with Gasteiger partial charge in [-0.2, -0.15) is 0 Å². The molecule has 1 heterocycles. The summed E-state index contributed by atoms with van der Waals surface area (Å²) in [5.74, 6) is -2.89. The third-order valence-corrected chi connectivity index (χ3v) is 9.30. The Morgan fingerprint density at radius 2 is 1.56 bits per heavy atom. The lowest BCUT2D eigenvalue weighted by Crippen LogP contribution is -2.39. The van der Waals surface area contributed by atoms with Gasteiger partial charge in [0.05, 0.1) is 17.5 Å². The van der Waals surface area contributed by atoms with Crippen LogP contribution in [0.3, 0.4) is 0 Å². The number of phenols is 1. The van der Waals surface area contributed by atoms with Crippen molar-refractivity contribution in [2.75, 3.05) is 10.2 Å². The average molecular weight is 571 g/mol. The third-order valence-electron chi connectivity index (χ3n) is 9.30. The van der Waals surface area contributed by atoms with Crippen LogP contribution in [0.15, 0.2) is 107 Å². The number of hydrogen-bond donors (Lipinski definition) is 2. The van der Waals surface area contributed by atoms with E-state index in [0.29, 0.717) is 34.4 Å². The van der Waals surface area contributed by atoms with Gasteiger partial charge in [0.25, 0.3) is 0 Å². The van der Waals surface area contributed by atoms with E-state index in [4.69, 9.17) is 0 Å². The molecular formula is C36H30N2O5. The number of hydrogen-bond acceptors (Lipinski definition) is 6. The molecule has 4 aliphatic rings. The number of benzene rings is 3. The second kappa shape index (κ2) is 10.1. The molecule has 214 valence electrons. The summed E-state index contributed by atoms with van der Waals surface area (Å²) >= 11 is 0. The van der Waals surface area contributed by atoms with E-state index in [-0.39, 0.29) is 35.6 Å². The first-order valence-corrected chi connectivity index (χ1v) is 14.5. The molecule has 3 aliphatic carbocycles. The van der Waals surface area contributed by atoms with Crippen LogP contribution in [0.2, 0.25) is 0 Å². The van der Waals surface area contributed by atoms with Crippen molar-refractivity contribution in [2.45, 2.75) is 32.6 Å². The minimum atomic E-state index is -0.640. The number of phenolic OH excluding ortho intramolecular Hbond substituents is 1. The Hall–Kier alpha value is -5.04. The lowest BCUT2D eigenvalue weighted by Gasteiger charge is -2.42. The molecule has 7 heteroatoms. The van der Waals surface area contributed by atoms with Crippen molar-refractivity contribution in [1.29, 1.82) is 0 Å². The van der Waals surface area contributed by atoms with Crippen molar-refractivity contribution in [3.63, 3.8) is 0 Å². The van der Waals surface area contributed by atoms with Crippen molar-refractivity contribution in [2.24, 2.45) is 17.8 Å². The summed E-state index contributed by atoms with van der Waals surface area (Å²) in [6.07, 6.45) is 4.01. The molecule has 0 radical (unpaired) electrons. The van der Waals surface area contributed by atoms with Crippen LogP contribution in [-0.2, 0) is 19.2 Å². The van der Waals surface area contributed by atoms with Gasteiger partial charge in [-0.25, -0.2) is 0 Å². The summed E-state index contributed by atoms with van der Waals surface area (Å²) < 4.78 is 0. The number of Topliss-reactive ketones (excluding diaryl/α,β-unsaturated/α-hetero) is 1. The first kappa shape index (κ1) is 26.8. The van der Waals surface area contributed by atoms with E-state index in [0.717, 1.165) is 22.5 Å². The highest BCUT2D eigenvalue weighted by Crippen LogP contribution is 2.55. The standard InChI is InChI=1S/C36H30N2O5/c1-19-16-21(8-15-29(19)39)31-25-13-14-26-32(27(25)18-28-33(31)30(40)17-20(2)34(28)41)36(43)38(35(26)42)24-11-9-23(10-12-24)37-22-6-4-3-5-7-22/h3-13,15-17,26-27,31-32,37,39H,14,18H2,1-2H3/t26-,27+,31-,32-/m0/s1. The second-order valence-corrected chi connectivity index (χ2v) is 11.8. The molecule has 1 aliphatic heterocycles. The normalized spacial score (nSPS) is 24.7. The lowest BCUT2D eigenvalue weighted by atomic mass is 9.59. The van der Waals surface area contributed by atoms with E-state index < -0.39 is 23.7 Å². The summed E-state index contributed by atoms with van der Waals surface area (Å²) in [6, 6.07) is 22.2. The average Bonchev–Trinajstić information content (AvgIpc) is 3.26. The smallest absolute Gasteiger partial charge is 0.238 e. The number of aryl methyl sites for hydroxylation is 1. The van der Waals surface area contributed by atoms with E-state index in [2.05, 4.69) is 5.32 Å². The fraction of sp³-hybridized carbons (Fsp3) is 0.222. The molecule has 43 heavy (non-hydrogen) atoms. The fourth-order valence-corrected chi connectivity index (χ4v) is 7.26. The Bertz CT molecular complexity index is 1820. The Labute approximate surface area is 249 Å². The number of allylic oxidation sites excluding steroid dienone is 6. The van der Waals surface area contributed by atoms with Crippen LogP contribution in [0.25, 0.3) is 0 Å². The van der Waals surface area contributed by atoms with Gasteiger partial charge in [-0.15, -0.1) is 0 Å². The highest BCUT2D eigenvalue weighted by molar-refractivity contribution is 6.25. The van der Waals surface area contributed by atoms with Gasteiger partial charge in [-0.3, -0.25) is 24.1 Å². The van der Waals surface area contributed by atoms with Crippen LogP contribution in [0.5, 0.6) is 5.75 Å². The number of anilines is 3. The van der Waals surface area contributed by atoms with Gasteiger partial charge in [0.2, 0.25) is 11.8 Å². The fourth-order valence-electron chi connectivity index (χ4n) is 7.26. The summed E-state index contributed by atoms with van der Waals surface area (Å²) in [7, 11) is 0. The number of nitrogens with zero attached hydrogens (tertiary/aromatic N) is 1. The number of aromatic hydroxyl groups is 1. The van der Waals surface area contributed by atoms with E-state index >= 15 is 0 Å². The zero-order valence-electron chi connectivity index (χ0n) is 23.8. The molecule has 3 aromatic rings. The molecule has 2 amide bonds. The van der Waals surface area contributed by atoms with Gasteiger partial charge in [0.1, 0.15) is 5.75 Å². The predicted molar refractivity (Wildman–Crippen MR) is 163 cm³/mol. The molecule has 0 bridgehead atoms. The first-order valence-electron chi connectivity index (χ1n) is 14.5. The highest BCUT2D eigenvalue weighted by atomic mass is 16.3. The van der Waals surface area contributed by atoms with Crippen LogP contribution in [0, 0.1) is 24.7 Å². The Kier molecular flexibility index (Phi) is 6.27. The van der Waals surface area contributed by atoms with Crippen LogP contribution >= 0.6 is 0 Å². The summed E-state index contributed by atoms with van der Waals surface area (Å²) in [4.78, 5) is 56.1. The number of amides is 2. The Morgan fingerprint density at radius 1 is 0.837 bits per heavy atom. The Balaban J connectivity index is 1.25. The summed E-state index contributed by atoms with van der Waals surface area (Å²) in [6.45, 7) is 3.43. The quantitative estimate of drug-likeness (QED) is 0.224. The minimum absolute atomic E-state index is 0.141. The molecule has 0 spiro atoms. The van der Waals surface area contributed by atoms with Crippen LogP contribution in [0.1, 0.15) is 36.8 Å². The van der Waals surface area contributed by atoms with Gasteiger partial charge in [0.15, 0.2) is 11.6 Å². The van der Waals surface area contributed by atoms with E-state index in [9.17, 15) is 24.3 Å². The molecule has 7 nitrogen and oxygen atoms in total. The number of rotatable bonds is 4. The second-order valence-electron chi connectivity index (χ2n) is 11.8. The number of imide groups is 1. The molecule has 0 unspecified atom stereocenters. The third kappa shape index (κ3) is 4.26. The SMILES string of the molecule is CC1=CC(=O)C2=C(C[C@@H]3C(=CC[C@@H]4C(=O)N(c5ccc(Nc6ccccc6)cc5)C(=O)[C@@H]43)[C@@H]2c2ccc(O)c(C)c2)C1=O. The molecular weight excluding hydrogens is 540 g/mol. The zero-order valence-corrected chi connectivity index (χ0v) is 23.8. The van der Waals surface area contributed by atoms with E-state index in [1.807, 2.05) is 54.6 Å². The minimum Gasteiger partial charge on any atom is -0.508 e. The van der Waals surface area contributed by atoms with Crippen LogP contribution in [0.4, 0.5) is 17.1 Å². The lowest BCUT2D eigenvalue weighted by molar-refractivity contribution is -0.123. The van der Waals surface area contributed by atoms with Crippen LogP contribution in [-0.4, -0.2) is 28.5 Å². The van der Waals surface area contributed by atoms with Crippen molar-refractivity contribution in [3.05, 3.63) is 118 Å². The highest BCUT2D eigenvalue weighted by Gasteiger charge is 2.56. The van der Waals surface area contributed by atoms with Gasteiger partial charge in [-0.05, 0) is 92.3 Å². The zero-order chi connectivity index (χ0) is 30.0. The van der Waals surface area contributed by atoms with Crippen molar-refractivity contribution in [3.8, 4) is 5.75 Å². The summed E-state index contributed by atoms with van der Waals surface area (Å²) in [5.41, 5.74) is 5.84. The molecule has 7 rings (SSSR count). The van der Waals surface area contributed by atoms with Crippen molar-refractivity contribution in [1.82, 2.24) is 0 Å². The number of para-hydroxylation sites is 1. The largest absolute Gasteiger partial charge is 0.508 e. The van der Waals surface area contributed by atoms with Crippen molar-refractivity contribution >= 4 is 40.4 Å². The first-order chi connectivity index (χ1) is 20.7. The maximum Gasteiger partial charge on any atom is 0.238 e. The number of nitrogens with one attached hydrogen (secondary N) is 1. The number of carbonyl (C=O) groups is 4. The summed E-state index contributed by atoms with van der Waals surface area (Å²) in [5, 5.41) is 13.5. The maximum atomic E-state index is 14.1. The number of carbonyl (C=O) groups excluding carboxylic acids is 4. The predicted octanol–water partition coefficient (Wildman–Crippen LogP) is 6.08. The molecule has 0 aromatic heterocycles. The molecule has 1 saturated heterocycles. The molecule has 1 fully saturated rings. The van der Waals surface area contributed by atoms with E-state index in [1.54, 1.807) is 38.1 Å².